The van der Waals surface area contributed by atoms with Crippen molar-refractivity contribution in [1.29, 1.82) is 0 Å². The van der Waals surface area contributed by atoms with Crippen LogP contribution in [0.1, 0.15) is 16.7 Å². The molecule has 38 heavy (non-hydrogen) atoms. The van der Waals surface area contributed by atoms with Crippen LogP contribution in [-0.2, 0) is 43.9 Å². The Hall–Kier alpha value is -3.53. The van der Waals surface area contributed by atoms with E-state index >= 15 is 0 Å². The Balaban J connectivity index is 1.95. The fourth-order valence-electron chi connectivity index (χ4n) is 4.05. The third-order valence-electron chi connectivity index (χ3n) is 6.05. The molecule has 0 bridgehead atoms. The molecule has 9 heteroatoms. The number of ether oxygens (including phenoxy) is 1. The van der Waals surface area contributed by atoms with Gasteiger partial charge in [-0.3, -0.25) is 9.59 Å². The van der Waals surface area contributed by atoms with Crippen LogP contribution in [0.15, 0.2) is 91.0 Å². The number of nitrogens with one attached hydrogen (secondary N) is 1. The lowest BCUT2D eigenvalue weighted by Crippen LogP contribution is -2.53. The van der Waals surface area contributed by atoms with Gasteiger partial charge in [-0.25, -0.2) is 8.42 Å². The van der Waals surface area contributed by atoms with E-state index in [0.717, 1.165) is 27.3 Å². The number of carbonyl (C=O) groups is 2. The van der Waals surface area contributed by atoms with E-state index in [0.29, 0.717) is 6.61 Å². The van der Waals surface area contributed by atoms with Gasteiger partial charge in [-0.1, -0.05) is 91.0 Å². The molecule has 3 aromatic carbocycles. The van der Waals surface area contributed by atoms with Crippen molar-refractivity contribution in [2.45, 2.75) is 25.6 Å². The van der Waals surface area contributed by atoms with Crippen LogP contribution in [0, 0.1) is 0 Å². The number of nitrogens with zero attached hydrogens (tertiary/aromatic N) is 2. The average molecular weight is 538 g/mol. The molecule has 0 aliphatic carbocycles. The van der Waals surface area contributed by atoms with Crippen LogP contribution in [0.3, 0.4) is 0 Å². The second-order valence-corrected chi connectivity index (χ2v) is 11.0. The number of sulfonamides is 1. The summed E-state index contributed by atoms with van der Waals surface area (Å²) < 4.78 is 31.6. The van der Waals surface area contributed by atoms with Gasteiger partial charge in [-0.2, -0.15) is 4.31 Å². The predicted molar refractivity (Wildman–Crippen MR) is 148 cm³/mol. The summed E-state index contributed by atoms with van der Waals surface area (Å²) >= 11 is 0. The molecule has 3 aromatic rings. The zero-order valence-corrected chi connectivity index (χ0v) is 22.6. The molecule has 8 nitrogen and oxygen atoms in total. The summed E-state index contributed by atoms with van der Waals surface area (Å²) in [5, 5.41) is 2.86. The smallest absolute Gasteiger partial charge is 0.243 e. The molecular weight excluding hydrogens is 502 g/mol. The van der Waals surface area contributed by atoms with Crippen LogP contribution < -0.4 is 5.32 Å². The molecule has 0 radical (unpaired) electrons. The minimum atomic E-state index is -3.72. The fourth-order valence-corrected chi connectivity index (χ4v) is 4.78. The second-order valence-electron chi connectivity index (χ2n) is 9.01. The molecule has 0 unspecified atom stereocenters. The van der Waals surface area contributed by atoms with Crippen molar-refractivity contribution in [2.24, 2.45) is 0 Å². The maximum Gasteiger partial charge on any atom is 0.243 e. The van der Waals surface area contributed by atoms with Crippen LogP contribution in [0.25, 0.3) is 0 Å². The Labute approximate surface area is 225 Å². The maximum atomic E-state index is 13.9. The van der Waals surface area contributed by atoms with E-state index in [4.69, 9.17) is 4.74 Å². The normalized spacial score (nSPS) is 12.2. The van der Waals surface area contributed by atoms with Gasteiger partial charge in [0.2, 0.25) is 21.8 Å². The number of carbonyl (C=O) groups excluding carboxylic acids is 2. The molecule has 0 saturated heterocycles. The lowest BCUT2D eigenvalue weighted by molar-refractivity contribution is -0.141. The molecule has 0 saturated carbocycles. The largest absolute Gasteiger partial charge is 0.383 e. The standard InChI is InChI=1S/C29H35N3O5S/c1-37-19-18-30-29(34)27(20-24-12-6-3-7-13-24)32(22-26-16-10-5-11-17-26)28(33)23-31(38(2,35)36)21-25-14-8-4-9-15-25/h3-17,27H,18-23H2,1-2H3,(H,30,34)/t27-/m0/s1. The first-order valence-corrected chi connectivity index (χ1v) is 14.3. The van der Waals surface area contributed by atoms with Crippen molar-refractivity contribution in [1.82, 2.24) is 14.5 Å². The van der Waals surface area contributed by atoms with Gasteiger partial charge in [0.25, 0.3) is 0 Å². The van der Waals surface area contributed by atoms with Gasteiger partial charge < -0.3 is 15.0 Å². The van der Waals surface area contributed by atoms with Crippen LogP contribution in [-0.4, -0.2) is 68.5 Å². The van der Waals surface area contributed by atoms with Gasteiger partial charge >= 0.3 is 0 Å². The highest BCUT2D eigenvalue weighted by atomic mass is 32.2. The Morgan fingerprint density at radius 2 is 1.32 bits per heavy atom. The summed E-state index contributed by atoms with van der Waals surface area (Å²) in [6.07, 6.45) is 1.36. The van der Waals surface area contributed by atoms with E-state index < -0.39 is 28.5 Å². The fraction of sp³-hybridized carbons (Fsp3) is 0.310. The van der Waals surface area contributed by atoms with E-state index in [-0.39, 0.29) is 32.0 Å². The minimum absolute atomic E-state index is 0.0496. The number of rotatable bonds is 14. The molecule has 0 heterocycles. The van der Waals surface area contributed by atoms with E-state index in [1.54, 1.807) is 7.11 Å². The highest BCUT2D eigenvalue weighted by Gasteiger charge is 2.32. The van der Waals surface area contributed by atoms with E-state index in [1.165, 1.54) is 4.90 Å². The molecule has 3 rings (SSSR count). The van der Waals surface area contributed by atoms with E-state index in [2.05, 4.69) is 5.32 Å². The molecule has 2 amide bonds. The molecule has 0 spiro atoms. The topological polar surface area (TPSA) is 96.0 Å². The molecule has 0 aromatic heterocycles. The minimum Gasteiger partial charge on any atom is -0.383 e. The lowest BCUT2D eigenvalue weighted by Gasteiger charge is -2.33. The van der Waals surface area contributed by atoms with Crippen LogP contribution in [0.5, 0.6) is 0 Å². The van der Waals surface area contributed by atoms with Crippen LogP contribution >= 0.6 is 0 Å². The highest BCUT2D eigenvalue weighted by molar-refractivity contribution is 7.88. The average Bonchev–Trinajstić information content (AvgIpc) is 2.91. The van der Waals surface area contributed by atoms with Gasteiger partial charge in [0.05, 0.1) is 19.4 Å². The summed E-state index contributed by atoms with van der Waals surface area (Å²) in [6, 6.07) is 27.0. The van der Waals surface area contributed by atoms with Gasteiger partial charge in [0.15, 0.2) is 0 Å². The van der Waals surface area contributed by atoms with E-state index in [9.17, 15) is 18.0 Å². The maximum absolute atomic E-state index is 13.9. The van der Waals surface area contributed by atoms with Crippen LogP contribution in [0.2, 0.25) is 0 Å². The number of hydrogen-bond acceptors (Lipinski definition) is 5. The predicted octanol–water partition coefficient (Wildman–Crippen LogP) is 2.85. The second kappa shape index (κ2) is 14.4. The van der Waals surface area contributed by atoms with Crippen molar-refractivity contribution in [3.8, 4) is 0 Å². The molecule has 0 aliphatic rings. The van der Waals surface area contributed by atoms with Gasteiger partial charge in [0.1, 0.15) is 6.04 Å². The number of benzene rings is 3. The van der Waals surface area contributed by atoms with Crippen molar-refractivity contribution >= 4 is 21.8 Å². The van der Waals surface area contributed by atoms with Gasteiger partial charge in [-0.05, 0) is 16.7 Å². The summed E-state index contributed by atoms with van der Waals surface area (Å²) in [6.45, 7) is 0.426. The lowest BCUT2D eigenvalue weighted by atomic mass is 10.0. The summed E-state index contributed by atoms with van der Waals surface area (Å²) in [7, 11) is -2.17. The quantitative estimate of drug-likeness (QED) is 0.319. The number of amides is 2. The molecule has 1 atom stereocenters. The summed E-state index contributed by atoms with van der Waals surface area (Å²) in [4.78, 5) is 28.8. The molecule has 0 aliphatic heterocycles. The monoisotopic (exact) mass is 537 g/mol. The van der Waals surface area contributed by atoms with Crippen molar-refractivity contribution < 1.29 is 22.7 Å². The van der Waals surface area contributed by atoms with Gasteiger partial charge in [0, 0.05) is 33.2 Å². The Morgan fingerprint density at radius 3 is 1.82 bits per heavy atom. The molecule has 202 valence electrons. The molecule has 1 N–H and O–H groups in total. The Bertz CT molecular complexity index is 1260. The van der Waals surface area contributed by atoms with Crippen molar-refractivity contribution in [3.63, 3.8) is 0 Å². The third-order valence-corrected chi connectivity index (χ3v) is 7.25. The third kappa shape index (κ3) is 9.09. The Kier molecular flexibility index (Phi) is 11.0. The zero-order chi connectivity index (χ0) is 27.4. The number of methoxy groups -OCH3 is 1. The first-order chi connectivity index (χ1) is 18.3. The van der Waals surface area contributed by atoms with E-state index in [1.807, 2.05) is 91.0 Å². The number of hydrogen-bond donors (Lipinski definition) is 1. The first kappa shape index (κ1) is 29.0. The first-order valence-electron chi connectivity index (χ1n) is 12.4. The Morgan fingerprint density at radius 1 is 0.816 bits per heavy atom. The molecular formula is C29H35N3O5S. The van der Waals surface area contributed by atoms with Gasteiger partial charge in [-0.15, -0.1) is 0 Å². The SMILES string of the molecule is COCCNC(=O)[C@H](Cc1ccccc1)N(Cc1ccccc1)C(=O)CN(Cc1ccccc1)S(C)(=O)=O. The summed E-state index contributed by atoms with van der Waals surface area (Å²) in [5.41, 5.74) is 2.48. The van der Waals surface area contributed by atoms with Crippen LogP contribution in [0.4, 0.5) is 0 Å². The highest BCUT2D eigenvalue weighted by Crippen LogP contribution is 2.17. The summed E-state index contributed by atoms with van der Waals surface area (Å²) in [5.74, 6) is -0.790. The van der Waals surface area contributed by atoms with Crippen molar-refractivity contribution in [2.75, 3.05) is 33.1 Å². The van der Waals surface area contributed by atoms with Crippen molar-refractivity contribution in [3.05, 3.63) is 108 Å². The zero-order valence-electron chi connectivity index (χ0n) is 21.8. The molecule has 0 fully saturated rings.